The van der Waals surface area contributed by atoms with Gasteiger partial charge in [-0.3, -0.25) is 0 Å². The first-order valence-electron chi connectivity index (χ1n) is 9.72. The van der Waals surface area contributed by atoms with Crippen molar-refractivity contribution >= 4 is 12.0 Å². The van der Waals surface area contributed by atoms with Gasteiger partial charge in [0.05, 0.1) is 18.4 Å². The summed E-state index contributed by atoms with van der Waals surface area (Å²) >= 11 is 0. The molecule has 1 aromatic carbocycles. The minimum Gasteiger partial charge on any atom is -0.493 e. The molecule has 4 heteroatoms. The molecule has 0 amide bonds. The van der Waals surface area contributed by atoms with E-state index in [2.05, 4.69) is 39.8 Å². The Bertz CT molecular complexity index is 882. The fraction of sp³-hybridized carbons (Fsp3) is 0.375. The maximum Gasteiger partial charge on any atom is 0.328 e. The SMILES string of the molecule is CCOc1c(-c2occc2/C=C/C(C)=C/C(=O)O)cc(C(C)C)cc1C(C)C. The number of hydrogen-bond donors (Lipinski definition) is 1. The van der Waals surface area contributed by atoms with E-state index in [9.17, 15) is 4.79 Å². The molecule has 1 heterocycles. The molecular weight excluding hydrogens is 352 g/mol. The van der Waals surface area contributed by atoms with Gasteiger partial charge in [-0.05, 0) is 54.5 Å². The highest BCUT2D eigenvalue weighted by atomic mass is 16.5. The lowest BCUT2D eigenvalue weighted by atomic mass is 9.90. The summed E-state index contributed by atoms with van der Waals surface area (Å²) in [5.74, 6) is 1.31. The number of furan rings is 1. The van der Waals surface area contributed by atoms with Crippen LogP contribution in [0.1, 0.15) is 70.1 Å². The second-order valence-corrected chi connectivity index (χ2v) is 7.49. The van der Waals surface area contributed by atoms with Crippen LogP contribution in [-0.4, -0.2) is 17.7 Å². The Labute approximate surface area is 167 Å². The third-order valence-corrected chi connectivity index (χ3v) is 4.53. The van der Waals surface area contributed by atoms with E-state index in [1.807, 2.05) is 19.1 Å². The van der Waals surface area contributed by atoms with Crippen molar-refractivity contribution in [3.05, 3.63) is 58.9 Å². The van der Waals surface area contributed by atoms with Gasteiger partial charge in [0.15, 0.2) is 0 Å². The van der Waals surface area contributed by atoms with Gasteiger partial charge in [-0.25, -0.2) is 4.79 Å². The van der Waals surface area contributed by atoms with Crippen LogP contribution in [-0.2, 0) is 4.79 Å². The van der Waals surface area contributed by atoms with E-state index < -0.39 is 5.97 Å². The fourth-order valence-corrected chi connectivity index (χ4v) is 3.04. The Morgan fingerprint density at radius 2 is 1.93 bits per heavy atom. The number of carbonyl (C=O) groups is 1. The summed E-state index contributed by atoms with van der Waals surface area (Å²) in [6, 6.07) is 6.24. The second kappa shape index (κ2) is 9.45. The smallest absolute Gasteiger partial charge is 0.328 e. The molecule has 0 atom stereocenters. The largest absolute Gasteiger partial charge is 0.493 e. The number of allylic oxidation sites excluding steroid dienone is 2. The lowest BCUT2D eigenvalue weighted by molar-refractivity contribution is -0.131. The van der Waals surface area contributed by atoms with Crippen molar-refractivity contribution in [2.24, 2.45) is 0 Å². The van der Waals surface area contributed by atoms with Crippen molar-refractivity contribution < 1.29 is 19.1 Å². The van der Waals surface area contributed by atoms with Crippen LogP contribution >= 0.6 is 0 Å². The van der Waals surface area contributed by atoms with E-state index in [0.717, 1.165) is 28.2 Å². The van der Waals surface area contributed by atoms with Gasteiger partial charge in [0, 0.05) is 11.6 Å². The van der Waals surface area contributed by atoms with E-state index in [0.29, 0.717) is 24.0 Å². The average molecular weight is 383 g/mol. The number of hydrogen-bond acceptors (Lipinski definition) is 3. The molecule has 150 valence electrons. The monoisotopic (exact) mass is 382 g/mol. The number of carboxylic acids is 1. The predicted octanol–water partition coefficient (Wildman–Crippen LogP) is 6.64. The predicted molar refractivity (Wildman–Crippen MR) is 114 cm³/mol. The molecule has 2 rings (SSSR count). The summed E-state index contributed by atoms with van der Waals surface area (Å²) in [7, 11) is 0. The molecule has 0 fully saturated rings. The molecule has 0 aliphatic heterocycles. The van der Waals surface area contributed by atoms with Crippen LogP contribution in [0.4, 0.5) is 0 Å². The molecular formula is C24H30O4. The topological polar surface area (TPSA) is 59.7 Å². The number of benzene rings is 1. The molecule has 2 aromatic rings. The summed E-state index contributed by atoms with van der Waals surface area (Å²) in [6.07, 6.45) is 6.48. The van der Waals surface area contributed by atoms with Crippen molar-refractivity contribution in [2.75, 3.05) is 6.61 Å². The highest BCUT2D eigenvalue weighted by molar-refractivity contribution is 5.82. The van der Waals surface area contributed by atoms with Crippen LogP contribution in [0.5, 0.6) is 5.75 Å². The van der Waals surface area contributed by atoms with E-state index in [1.165, 1.54) is 11.6 Å². The van der Waals surface area contributed by atoms with E-state index in [1.54, 1.807) is 19.3 Å². The molecule has 0 aliphatic carbocycles. The van der Waals surface area contributed by atoms with Gasteiger partial charge in [0.25, 0.3) is 0 Å². The summed E-state index contributed by atoms with van der Waals surface area (Å²) in [5, 5.41) is 8.89. The zero-order valence-corrected chi connectivity index (χ0v) is 17.6. The Hall–Kier alpha value is -2.75. The molecule has 0 saturated heterocycles. The first kappa shape index (κ1) is 21.5. The van der Waals surface area contributed by atoms with Crippen LogP contribution in [0, 0.1) is 0 Å². The van der Waals surface area contributed by atoms with Gasteiger partial charge in [-0.15, -0.1) is 0 Å². The molecule has 0 saturated carbocycles. The standard InChI is InChI=1S/C24H30O4/c1-7-27-24-20(16(4)5)13-19(15(2)3)14-21(24)23-18(10-11-28-23)9-8-17(6)12-22(25)26/h8-16H,7H2,1-6H3,(H,25,26)/b9-8+,17-12+. The first-order chi connectivity index (χ1) is 13.2. The van der Waals surface area contributed by atoms with Crippen molar-refractivity contribution in [1.29, 1.82) is 0 Å². The maximum atomic E-state index is 10.8. The molecule has 4 nitrogen and oxygen atoms in total. The third-order valence-electron chi connectivity index (χ3n) is 4.53. The molecule has 1 N–H and O–H groups in total. The zero-order valence-electron chi connectivity index (χ0n) is 17.6. The summed E-state index contributed by atoms with van der Waals surface area (Å²) in [5.41, 5.74) is 4.87. The molecule has 0 aliphatic rings. The Balaban J connectivity index is 2.63. The maximum absolute atomic E-state index is 10.8. The molecule has 1 aromatic heterocycles. The van der Waals surface area contributed by atoms with Gasteiger partial charge in [0.1, 0.15) is 11.5 Å². The first-order valence-corrected chi connectivity index (χ1v) is 9.72. The third kappa shape index (κ3) is 5.16. The average Bonchev–Trinajstić information content (AvgIpc) is 3.07. The highest BCUT2D eigenvalue weighted by Gasteiger charge is 2.20. The molecule has 0 bridgehead atoms. The van der Waals surface area contributed by atoms with Crippen molar-refractivity contribution in [3.8, 4) is 17.1 Å². The Morgan fingerprint density at radius 3 is 2.50 bits per heavy atom. The van der Waals surface area contributed by atoms with Crippen LogP contribution in [0.3, 0.4) is 0 Å². The fourth-order valence-electron chi connectivity index (χ4n) is 3.04. The lowest BCUT2D eigenvalue weighted by Crippen LogP contribution is -2.03. The normalized spacial score (nSPS) is 12.4. The number of rotatable bonds is 8. The minimum absolute atomic E-state index is 0.314. The van der Waals surface area contributed by atoms with Crippen molar-refractivity contribution in [1.82, 2.24) is 0 Å². The number of aliphatic carboxylic acids is 1. The number of ether oxygens (including phenoxy) is 1. The van der Waals surface area contributed by atoms with E-state index in [4.69, 9.17) is 14.3 Å². The summed E-state index contributed by atoms with van der Waals surface area (Å²) < 4.78 is 11.9. The van der Waals surface area contributed by atoms with Crippen molar-refractivity contribution in [3.63, 3.8) is 0 Å². The lowest BCUT2D eigenvalue weighted by Gasteiger charge is -2.20. The van der Waals surface area contributed by atoms with Crippen LogP contribution < -0.4 is 4.74 Å². The Morgan fingerprint density at radius 1 is 1.21 bits per heavy atom. The highest BCUT2D eigenvalue weighted by Crippen LogP contribution is 2.41. The van der Waals surface area contributed by atoms with Gasteiger partial charge >= 0.3 is 5.97 Å². The number of carboxylic acid groups (broad SMARTS) is 1. The second-order valence-electron chi connectivity index (χ2n) is 7.49. The quantitative estimate of drug-likeness (QED) is 0.411. The molecule has 0 spiro atoms. The van der Waals surface area contributed by atoms with Crippen molar-refractivity contribution in [2.45, 2.75) is 53.4 Å². The van der Waals surface area contributed by atoms with Gasteiger partial charge < -0.3 is 14.3 Å². The van der Waals surface area contributed by atoms with Gasteiger partial charge in [-0.2, -0.15) is 0 Å². The molecule has 28 heavy (non-hydrogen) atoms. The summed E-state index contributed by atoms with van der Waals surface area (Å²) in [6.45, 7) is 13.0. The summed E-state index contributed by atoms with van der Waals surface area (Å²) in [4.78, 5) is 10.8. The van der Waals surface area contributed by atoms with E-state index >= 15 is 0 Å². The van der Waals surface area contributed by atoms with Crippen LogP contribution in [0.2, 0.25) is 0 Å². The Kier molecular flexibility index (Phi) is 7.27. The van der Waals surface area contributed by atoms with Crippen LogP contribution in [0.15, 0.2) is 46.6 Å². The van der Waals surface area contributed by atoms with E-state index in [-0.39, 0.29) is 0 Å². The molecule has 0 radical (unpaired) electrons. The van der Waals surface area contributed by atoms with Gasteiger partial charge in [-0.1, -0.05) is 45.9 Å². The van der Waals surface area contributed by atoms with Crippen LogP contribution in [0.25, 0.3) is 17.4 Å². The minimum atomic E-state index is -0.959. The zero-order chi connectivity index (χ0) is 20.8. The van der Waals surface area contributed by atoms with Gasteiger partial charge in [0.2, 0.25) is 0 Å². The molecule has 0 unspecified atom stereocenters.